The maximum Gasteiger partial charge on any atom is 0.281 e. The van der Waals surface area contributed by atoms with Crippen molar-refractivity contribution in [2.45, 2.75) is 6.92 Å². The Kier molecular flexibility index (Phi) is 1.85. The Morgan fingerprint density at radius 3 is 2.87 bits per heavy atom. The summed E-state index contributed by atoms with van der Waals surface area (Å²) in [6.07, 6.45) is 1.51. The minimum atomic E-state index is -0.224. The third kappa shape index (κ3) is 1.22. The maximum absolute atomic E-state index is 11.9. The molecule has 2 aromatic heterocycles. The lowest BCUT2D eigenvalue weighted by Gasteiger charge is -2.04. The second-order valence-electron chi connectivity index (χ2n) is 3.36. The summed E-state index contributed by atoms with van der Waals surface area (Å²) in [5, 5.41) is 0. The lowest BCUT2D eigenvalue weighted by atomic mass is 10.4. The van der Waals surface area contributed by atoms with Crippen LogP contribution in [0.4, 0.5) is 5.95 Å². The quantitative estimate of drug-likeness (QED) is 0.721. The van der Waals surface area contributed by atoms with Crippen LogP contribution in [0.2, 0.25) is 0 Å². The average molecular weight is 205 g/mol. The van der Waals surface area contributed by atoms with Crippen LogP contribution in [0.25, 0.3) is 16.9 Å². The van der Waals surface area contributed by atoms with Crippen molar-refractivity contribution in [1.82, 2.24) is 19.1 Å². The lowest BCUT2D eigenvalue weighted by Crippen LogP contribution is -2.22. The number of fused-ring (bicyclic) bond motifs is 1. The van der Waals surface area contributed by atoms with E-state index in [9.17, 15) is 4.79 Å². The van der Waals surface area contributed by atoms with Gasteiger partial charge >= 0.3 is 0 Å². The zero-order valence-electron chi connectivity index (χ0n) is 8.56. The predicted octanol–water partition coefficient (Wildman–Crippen LogP) is 0.203. The number of imidazole rings is 1. The minimum absolute atomic E-state index is 0.152. The molecule has 6 nitrogen and oxygen atoms in total. The van der Waals surface area contributed by atoms with Crippen LogP contribution in [0, 0.1) is 0 Å². The summed E-state index contributed by atoms with van der Waals surface area (Å²) < 4.78 is 2.88. The largest absolute Gasteiger partial charge is 0.369 e. The Hall–Kier alpha value is -2.11. The Balaban J connectivity index is 2.98. The molecule has 6 heteroatoms. The zero-order chi connectivity index (χ0) is 11.2. The molecule has 2 heterocycles. The molecule has 0 saturated carbocycles. The molecule has 0 aliphatic carbocycles. The van der Waals surface area contributed by atoms with Gasteiger partial charge in [-0.3, -0.25) is 13.9 Å². The molecular formula is C9H11N5O. The summed E-state index contributed by atoms with van der Waals surface area (Å²) in [6.45, 7) is 5.55. The summed E-state index contributed by atoms with van der Waals surface area (Å²) in [5.74, 6) is 0.152. The number of nitrogen functional groups attached to an aromatic ring is 1. The van der Waals surface area contributed by atoms with E-state index in [-0.39, 0.29) is 11.5 Å². The Bertz CT molecular complexity index is 607. The summed E-state index contributed by atoms with van der Waals surface area (Å²) in [6, 6.07) is 0. The Morgan fingerprint density at radius 2 is 2.27 bits per heavy atom. The monoisotopic (exact) mass is 205 g/mol. The maximum atomic E-state index is 11.9. The second-order valence-corrected chi connectivity index (χ2v) is 3.36. The molecule has 0 aromatic carbocycles. The van der Waals surface area contributed by atoms with E-state index < -0.39 is 0 Å². The van der Waals surface area contributed by atoms with Gasteiger partial charge in [0.2, 0.25) is 5.95 Å². The predicted molar refractivity (Wildman–Crippen MR) is 58.2 cm³/mol. The molecule has 0 saturated heterocycles. The Morgan fingerprint density at radius 1 is 1.60 bits per heavy atom. The molecule has 2 N–H and O–H groups in total. The van der Waals surface area contributed by atoms with Crippen LogP contribution in [0.15, 0.2) is 17.7 Å². The molecule has 0 radical (unpaired) electrons. The van der Waals surface area contributed by atoms with E-state index in [1.807, 2.05) is 0 Å². The fourth-order valence-corrected chi connectivity index (χ4v) is 1.36. The molecule has 0 atom stereocenters. The number of allylic oxidation sites excluding steroid dienone is 1. The topological polar surface area (TPSA) is 78.7 Å². The van der Waals surface area contributed by atoms with Crippen molar-refractivity contribution in [3.05, 3.63) is 23.3 Å². The van der Waals surface area contributed by atoms with Crippen molar-refractivity contribution >= 4 is 22.8 Å². The van der Waals surface area contributed by atoms with Gasteiger partial charge in [0, 0.05) is 12.7 Å². The van der Waals surface area contributed by atoms with Gasteiger partial charge in [0.05, 0.1) is 0 Å². The molecule has 0 spiro atoms. The first-order valence-corrected chi connectivity index (χ1v) is 4.38. The van der Waals surface area contributed by atoms with Gasteiger partial charge in [-0.05, 0) is 6.92 Å². The van der Waals surface area contributed by atoms with Crippen LogP contribution in [0.5, 0.6) is 0 Å². The van der Waals surface area contributed by atoms with Gasteiger partial charge in [-0.1, -0.05) is 6.58 Å². The first-order chi connectivity index (χ1) is 7.02. The molecule has 0 aliphatic rings. The first-order valence-electron chi connectivity index (χ1n) is 4.38. The van der Waals surface area contributed by atoms with Crippen LogP contribution < -0.4 is 11.3 Å². The van der Waals surface area contributed by atoms with Gasteiger partial charge in [0.15, 0.2) is 11.2 Å². The molecular weight excluding hydrogens is 194 g/mol. The van der Waals surface area contributed by atoms with Crippen molar-refractivity contribution < 1.29 is 0 Å². The number of anilines is 1. The van der Waals surface area contributed by atoms with E-state index in [1.165, 1.54) is 10.9 Å². The van der Waals surface area contributed by atoms with Gasteiger partial charge in [-0.15, -0.1) is 0 Å². The summed E-state index contributed by atoms with van der Waals surface area (Å²) in [7, 11) is 1.57. The van der Waals surface area contributed by atoms with Gasteiger partial charge in [0.25, 0.3) is 5.56 Å². The highest BCUT2D eigenvalue weighted by atomic mass is 16.1. The van der Waals surface area contributed by atoms with E-state index in [0.717, 1.165) is 0 Å². The third-order valence-electron chi connectivity index (χ3n) is 2.23. The van der Waals surface area contributed by atoms with Gasteiger partial charge in [0.1, 0.15) is 6.33 Å². The number of aromatic nitrogens is 4. The minimum Gasteiger partial charge on any atom is -0.369 e. The van der Waals surface area contributed by atoms with Crippen molar-refractivity contribution in [3.8, 4) is 0 Å². The van der Waals surface area contributed by atoms with E-state index >= 15 is 0 Å². The van der Waals surface area contributed by atoms with Gasteiger partial charge in [-0.2, -0.15) is 4.98 Å². The zero-order valence-corrected chi connectivity index (χ0v) is 8.56. The number of hydrogen-bond acceptors (Lipinski definition) is 4. The highest BCUT2D eigenvalue weighted by Crippen LogP contribution is 2.11. The van der Waals surface area contributed by atoms with Crippen LogP contribution in [0.3, 0.4) is 0 Å². The molecule has 0 amide bonds. The van der Waals surface area contributed by atoms with E-state index in [1.54, 1.807) is 18.5 Å². The molecule has 15 heavy (non-hydrogen) atoms. The Labute approximate surface area is 85.7 Å². The van der Waals surface area contributed by atoms with Crippen molar-refractivity contribution in [2.75, 3.05) is 5.73 Å². The SMILES string of the molecule is C=C(C)n1cnc2nc(N)n(C)c(=O)c21. The van der Waals surface area contributed by atoms with Crippen molar-refractivity contribution in [1.29, 1.82) is 0 Å². The number of nitrogens with zero attached hydrogens (tertiary/aromatic N) is 4. The van der Waals surface area contributed by atoms with Crippen molar-refractivity contribution in [2.24, 2.45) is 7.05 Å². The average Bonchev–Trinajstić information content (AvgIpc) is 2.58. The van der Waals surface area contributed by atoms with E-state index in [4.69, 9.17) is 5.73 Å². The van der Waals surface area contributed by atoms with Crippen LogP contribution in [-0.4, -0.2) is 19.1 Å². The van der Waals surface area contributed by atoms with Crippen LogP contribution >= 0.6 is 0 Å². The smallest absolute Gasteiger partial charge is 0.281 e. The highest BCUT2D eigenvalue weighted by molar-refractivity contribution is 5.74. The second kappa shape index (κ2) is 2.94. The van der Waals surface area contributed by atoms with E-state index in [0.29, 0.717) is 16.9 Å². The number of nitrogens with two attached hydrogens (primary N) is 1. The fourth-order valence-electron chi connectivity index (χ4n) is 1.36. The normalized spacial score (nSPS) is 10.8. The highest BCUT2D eigenvalue weighted by Gasteiger charge is 2.11. The summed E-state index contributed by atoms with van der Waals surface area (Å²) in [4.78, 5) is 19.9. The van der Waals surface area contributed by atoms with Gasteiger partial charge in [-0.25, -0.2) is 4.98 Å². The van der Waals surface area contributed by atoms with Gasteiger partial charge < -0.3 is 5.73 Å². The lowest BCUT2D eigenvalue weighted by molar-refractivity contribution is 0.854. The van der Waals surface area contributed by atoms with E-state index in [2.05, 4.69) is 16.5 Å². The summed E-state index contributed by atoms with van der Waals surface area (Å²) >= 11 is 0. The molecule has 78 valence electrons. The molecule has 0 fully saturated rings. The van der Waals surface area contributed by atoms with Crippen molar-refractivity contribution in [3.63, 3.8) is 0 Å². The molecule has 2 aromatic rings. The molecule has 0 bridgehead atoms. The standard InChI is InChI=1S/C9H11N5O/c1-5(2)14-4-11-7-6(14)8(15)13(3)9(10)12-7/h4H,1H2,2-3H3,(H2,10,12). The third-order valence-corrected chi connectivity index (χ3v) is 2.23. The number of rotatable bonds is 1. The summed E-state index contributed by atoms with van der Waals surface area (Å²) in [5.41, 5.74) is 6.79. The molecule has 2 rings (SSSR count). The number of hydrogen-bond donors (Lipinski definition) is 1. The molecule has 0 aliphatic heterocycles. The first kappa shape index (κ1) is 9.45. The molecule has 0 unspecified atom stereocenters. The van der Waals surface area contributed by atoms with Crippen LogP contribution in [0.1, 0.15) is 6.92 Å². The fraction of sp³-hybridized carbons (Fsp3) is 0.222. The van der Waals surface area contributed by atoms with Crippen LogP contribution in [-0.2, 0) is 7.05 Å².